The van der Waals surface area contributed by atoms with Crippen LogP contribution in [0.2, 0.25) is 0 Å². The summed E-state index contributed by atoms with van der Waals surface area (Å²) in [5, 5.41) is 19.7. The molecule has 1 atom stereocenters. The lowest BCUT2D eigenvalue weighted by atomic mass is 10.1. The Bertz CT molecular complexity index is 974. The second-order valence-corrected chi connectivity index (χ2v) is 7.90. The van der Waals surface area contributed by atoms with Gasteiger partial charge in [-0.3, -0.25) is 19.8 Å². The molecule has 8 heteroatoms. The average Bonchev–Trinajstić information content (AvgIpc) is 2.99. The summed E-state index contributed by atoms with van der Waals surface area (Å²) in [7, 11) is 0. The predicted molar refractivity (Wildman–Crippen MR) is 116 cm³/mol. The summed E-state index contributed by atoms with van der Waals surface area (Å²) in [6, 6.07) is 14.1. The van der Waals surface area contributed by atoms with Gasteiger partial charge in [-0.15, -0.1) is 5.10 Å². The number of non-ortho nitro benzene ring substituents is 1. The number of benzene rings is 2. The van der Waals surface area contributed by atoms with Crippen molar-refractivity contribution in [3.8, 4) is 0 Å². The number of nitro groups is 1. The molecule has 0 bridgehead atoms. The third-order valence-corrected chi connectivity index (χ3v) is 5.83. The molecular formula is C21H22N4O3S. The maximum absolute atomic E-state index is 12.9. The molecule has 1 aliphatic rings. The van der Waals surface area contributed by atoms with Crippen LogP contribution in [0.5, 0.6) is 0 Å². The van der Waals surface area contributed by atoms with Crippen molar-refractivity contribution >= 4 is 34.7 Å². The minimum atomic E-state index is -0.450. The third-order valence-electron chi connectivity index (χ3n) is 4.59. The van der Waals surface area contributed by atoms with Crippen molar-refractivity contribution in [2.75, 3.05) is 0 Å². The first-order valence-electron chi connectivity index (χ1n) is 9.37. The first-order valence-corrected chi connectivity index (χ1v) is 10.3. The lowest BCUT2D eigenvalue weighted by Crippen LogP contribution is -2.31. The van der Waals surface area contributed by atoms with Crippen molar-refractivity contribution < 1.29 is 9.72 Å². The van der Waals surface area contributed by atoms with Gasteiger partial charge < -0.3 is 0 Å². The van der Waals surface area contributed by atoms with Crippen LogP contribution in [0.1, 0.15) is 36.5 Å². The molecule has 0 N–H and O–H groups in total. The highest BCUT2D eigenvalue weighted by molar-refractivity contribution is 8.15. The van der Waals surface area contributed by atoms with E-state index in [-0.39, 0.29) is 16.8 Å². The Kier molecular flexibility index (Phi) is 6.77. The SMILES string of the molecule is CCCC1S/C(=N/N=C/c2cccc([N+](=O)[O-])c2)N(Cc2ccccc2C)C1=O. The molecule has 1 saturated heterocycles. The highest BCUT2D eigenvalue weighted by atomic mass is 32.2. The zero-order chi connectivity index (χ0) is 20.8. The van der Waals surface area contributed by atoms with Crippen LogP contribution in [0.3, 0.4) is 0 Å². The fourth-order valence-electron chi connectivity index (χ4n) is 3.00. The van der Waals surface area contributed by atoms with Crippen LogP contribution in [-0.4, -0.2) is 32.4 Å². The summed E-state index contributed by atoms with van der Waals surface area (Å²) in [6.45, 7) is 4.52. The maximum Gasteiger partial charge on any atom is 0.270 e. The molecule has 7 nitrogen and oxygen atoms in total. The number of aryl methyl sites for hydroxylation is 1. The number of nitro benzene ring substituents is 1. The average molecular weight is 410 g/mol. The summed E-state index contributed by atoms with van der Waals surface area (Å²) in [4.78, 5) is 25.0. The van der Waals surface area contributed by atoms with Gasteiger partial charge in [0.15, 0.2) is 5.17 Å². The lowest BCUT2D eigenvalue weighted by Gasteiger charge is -2.17. The maximum atomic E-state index is 12.9. The van der Waals surface area contributed by atoms with Crippen LogP contribution in [0, 0.1) is 17.0 Å². The quantitative estimate of drug-likeness (QED) is 0.381. The fraction of sp³-hybridized carbons (Fsp3) is 0.286. The van der Waals surface area contributed by atoms with Crippen molar-refractivity contribution in [3.63, 3.8) is 0 Å². The highest BCUT2D eigenvalue weighted by Gasteiger charge is 2.37. The van der Waals surface area contributed by atoms with Crippen LogP contribution < -0.4 is 0 Å². The van der Waals surface area contributed by atoms with E-state index in [2.05, 4.69) is 17.1 Å². The van der Waals surface area contributed by atoms with E-state index in [0.717, 1.165) is 24.0 Å². The van der Waals surface area contributed by atoms with Gasteiger partial charge in [-0.2, -0.15) is 5.10 Å². The van der Waals surface area contributed by atoms with Crippen LogP contribution in [0.25, 0.3) is 0 Å². The van der Waals surface area contributed by atoms with Crippen molar-refractivity contribution in [2.45, 2.75) is 38.5 Å². The number of amidine groups is 1. The summed E-state index contributed by atoms with van der Waals surface area (Å²) >= 11 is 1.42. The number of carbonyl (C=O) groups excluding carboxylic acids is 1. The van der Waals surface area contributed by atoms with Gasteiger partial charge in [-0.25, -0.2) is 0 Å². The number of thioether (sulfide) groups is 1. The smallest absolute Gasteiger partial charge is 0.270 e. The molecule has 1 aliphatic heterocycles. The first kappa shape index (κ1) is 20.7. The Morgan fingerprint density at radius 1 is 1.24 bits per heavy atom. The standard InChI is InChI=1S/C21H22N4O3S/c1-3-7-19-20(26)24(14-17-10-5-4-8-15(17)2)21(29-19)23-22-13-16-9-6-11-18(12-16)25(27)28/h4-6,8-13,19H,3,7,14H2,1-2H3/b22-13+,23-21+. The van der Waals surface area contributed by atoms with Gasteiger partial charge in [0, 0.05) is 17.7 Å². The molecule has 150 valence electrons. The van der Waals surface area contributed by atoms with Crippen LogP contribution >= 0.6 is 11.8 Å². The molecule has 1 fully saturated rings. The van der Waals surface area contributed by atoms with Crippen molar-refractivity contribution in [3.05, 3.63) is 75.3 Å². The predicted octanol–water partition coefficient (Wildman–Crippen LogP) is 4.54. The van der Waals surface area contributed by atoms with Crippen molar-refractivity contribution in [1.29, 1.82) is 0 Å². The Morgan fingerprint density at radius 3 is 2.76 bits per heavy atom. The van der Waals surface area contributed by atoms with E-state index in [1.54, 1.807) is 17.0 Å². The summed E-state index contributed by atoms with van der Waals surface area (Å²) in [5.41, 5.74) is 2.75. The number of nitrogens with zero attached hydrogens (tertiary/aromatic N) is 4. The molecule has 29 heavy (non-hydrogen) atoms. The second kappa shape index (κ2) is 9.47. The molecule has 3 rings (SSSR count). The van der Waals surface area contributed by atoms with Crippen LogP contribution in [0.4, 0.5) is 5.69 Å². The second-order valence-electron chi connectivity index (χ2n) is 6.73. The largest absolute Gasteiger partial charge is 0.284 e. The molecule has 1 unspecified atom stereocenters. The zero-order valence-corrected chi connectivity index (χ0v) is 17.1. The molecule has 2 aromatic carbocycles. The highest BCUT2D eigenvalue weighted by Crippen LogP contribution is 2.32. The summed E-state index contributed by atoms with van der Waals surface area (Å²) in [5.74, 6) is 0.0457. The van der Waals surface area contributed by atoms with Gasteiger partial charge in [0.25, 0.3) is 5.69 Å². The molecule has 0 spiro atoms. The number of hydrogen-bond donors (Lipinski definition) is 0. The van der Waals surface area contributed by atoms with E-state index in [9.17, 15) is 14.9 Å². The Hall–Kier alpha value is -3.00. The molecule has 1 amide bonds. The van der Waals surface area contributed by atoms with E-state index in [1.807, 2.05) is 31.2 Å². The van der Waals surface area contributed by atoms with Gasteiger partial charge in [-0.05, 0) is 24.5 Å². The molecule has 2 aromatic rings. The number of rotatable bonds is 7. The number of hydrogen-bond acceptors (Lipinski definition) is 6. The van der Waals surface area contributed by atoms with Crippen molar-refractivity contribution in [2.24, 2.45) is 10.2 Å². The first-order chi connectivity index (χ1) is 14.0. The molecule has 1 heterocycles. The van der Waals surface area contributed by atoms with Crippen LogP contribution in [-0.2, 0) is 11.3 Å². The zero-order valence-electron chi connectivity index (χ0n) is 16.3. The molecule has 0 radical (unpaired) electrons. The monoisotopic (exact) mass is 410 g/mol. The van der Waals surface area contributed by atoms with Gasteiger partial charge in [-0.1, -0.05) is 61.5 Å². The van der Waals surface area contributed by atoms with E-state index in [1.165, 1.54) is 30.1 Å². The van der Waals surface area contributed by atoms with Gasteiger partial charge >= 0.3 is 0 Å². The number of carbonyl (C=O) groups is 1. The fourth-order valence-corrected chi connectivity index (χ4v) is 4.21. The van der Waals surface area contributed by atoms with E-state index in [0.29, 0.717) is 17.3 Å². The topological polar surface area (TPSA) is 88.2 Å². The Morgan fingerprint density at radius 2 is 2.03 bits per heavy atom. The minimum absolute atomic E-state index is 0.00351. The summed E-state index contributed by atoms with van der Waals surface area (Å²) in [6.07, 6.45) is 3.15. The minimum Gasteiger partial charge on any atom is -0.284 e. The van der Waals surface area contributed by atoms with E-state index in [4.69, 9.17) is 0 Å². The molecular weight excluding hydrogens is 388 g/mol. The molecule has 0 aromatic heterocycles. The Balaban J connectivity index is 1.83. The van der Waals surface area contributed by atoms with Gasteiger partial charge in [0.2, 0.25) is 5.91 Å². The van der Waals surface area contributed by atoms with Gasteiger partial charge in [0.1, 0.15) is 0 Å². The molecule has 0 aliphatic carbocycles. The third kappa shape index (κ3) is 5.08. The van der Waals surface area contributed by atoms with Crippen LogP contribution in [0.15, 0.2) is 58.7 Å². The van der Waals surface area contributed by atoms with E-state index < -0.39 is 4.92 Å². The summed E-state index contributed by atoms with van der Waals surface area (Å²) < 4.78 is 0. The van der Waals surface area contributed by atoms with E-state index >= 15 is 0 Å². The normalized spacial score (nSPS) is 18.1. The van der Waals surface area contributed by atoms with Crippen molar-refractivity contribution in [1.82, 2.24) is 4.90 Å². The Labute approximate surface area is 173 Å². The number of amides is 1. The molecule has 0 saturated carbocycles. The lowest BCUT2D eigenvalue weighted by molar-refractivity contribution is -0.384. The van der Waals surface area contributed by atoms with Gasteiger partial charge in [0.05, 0.1) is 22.9 Å².